The predicted molar refractivity (Wildman–Crippen MR) is 519 cm³/mol. The van der Waals surface area contributed by atoms with E-state index in [1.807, 2.05) is 0 Å². The van der Waals surface area contributed by atoms with Crippen molar-refractivity contribution >= 4 is 121 Å². The highest BCUT2D eigenvalue weighted by Crippen LogP contribution is 2.49. The van der Waals surface area contributed by atoms with Gasteiger partial charge in [-0.1, -0.05) is 364 Å². The van der Waals surface area contributed by atoms with E-state index in [0.29, 0.717) is 0 Å². The van der Waals surface area contributed by atoms with Crippen LogP contribution in [0.3, 0.4) is 0 Å². The fraction of sp³-hybridized carbons (Fsp3) is 0. The molecule has 0 N–H and O–H groups in total. The summed E-state index contributed by atoms with van der Waals surface area (Å²) in [4.78, 5) is 4.71. The van der Waals surface area contributed by atoms with Crippen molar-refractivity contribution in [3.8, 4) is 89.3 Å². The number of hydrogen-bond acceptors (Lipinski definition) is 2. The SMILES string of the molecule is c1ccc(-c2c3ccccc3c(-c3ccc(-c4ccc(-c5ccc(N(c6ccccc6)c6ccc7c(c6)c6ccccc6n7-c6ccccc6)cc5)cc4)cc3)c3ccccc23)cc1.c1ccc(-c2c3ccccc3c(-c3ccc(-c4ccc(N(c5ccccc5)c5ccc6c(c5)c5ccccc5n6-c5ccccc5)cc4)cc3)c3ccccc23)cc1. The first-order valence-corrected chi connectivity index (χ1v) is 41.9. The van der Waals surface area contributed by atoms with Crippen LogP contribution in [0.2, 0.25) is 0 Å². The van der Waals surface area contributed by atoms with Gasteiger partial charge in [-0.2, -0.15) is 0 Å². The van der Waals surface area contributed by atoms with Crippen LogP contribution in [0.25, 0.3) is 176 Å². The van der Waals surface area contributed by atoms with Crippen molar-refractivity contribution in [2.75, 3.05) is 9.80 Å². The molecule has 0 bridgehead atoms. The molecule has 0 atom stereocenters. The molecule has 122 heavy (non-hydrogen) atoms. The van der Waals surface area contributed by atoms with Gasteiger partial charge in [0.1, 0.15) is 0 Å². The monoisotopic (exact) mass is 1550 g/mol. The lowest BCUT2D eigenvalue weighted by Gasteiger charge is -2.26. The van der Waals surface area contributed by atoms with Gasteiger partial charge in [-0.3, -0.25) is 0 Å². The molecule has 21 aromatic carbocycles. The summed E-state index contributed by atoms with van der Waals surface area (Å²) in [6, 6.07) is 176. The van der Waals surface area contributed by atoms with Crippen LogP contribution >= 0.6 is 0 Å². The van der Waals surface area contributed by atoms with E-state index >= 15 is 0 Å². The summed E-state index contributed by atoms with van der Waals surface area (Å²) in [7, 11) is 0. The van der Waals surface area contributed by atoms with Gasteiger partial charge in [0.05, 0.1) is 22.1 Å². The maximum atomic E-state index is 2.37. The number of rotatable bonds is 15. The minimum Gasteiger partial charge on any atom is -0.310 e. The van der Waals surface area contributed by atoms with Gasteiger partial charge in [0.2, 0.25) is 0 Å². The van der Waals surface area contributed by atoms with Gasteiger partial charge < -0.3 is 18.9 Å². The van der Waals surface area contributed by atoms with Gasteiger partial charge >= 0.3 is 0 Å². The van der Waals surface area contributed by atoms with Gasteiger partial charge in [-0.15, -0.1) is 0 Å². The molecule has 0 aliphatic heterocycles. The Bertz CT molecular complexity index is 7670. The molecule has 0 aliphatic carbocycles. The third-order valence-corrected chi connectivity index (χ3v) is 24.4. The predicted octanol–water partition coefficient (Wildman–Crippen LogP) is 32.8. The number of hydrogen-bond donors (Lipinski definition) is 0. The Morgan fingerprint density at radius 3 is 0.590 bits per heavy atom. The third kappa shape index (κ3) is 13.1. The molecule has 0 fully saturated rings. The van der Waals surface area contributed by atoms with Gasteiger partial charge in [0, 0.05) is 67.0 Å². The summed E-state index contributed by atoms with van der Waals surface area (Å²) >= 11 is 0. The second-order valence-electron chi connectivity index (χ2n) is 31.4. The zero-order chi connectivity index (χ0) is 80.8. The van der Waals surface area contributed by atoms with Gasteiger partial charge in [-0.05, 0) is 242 Å². The van der Waals surface area contributed by atoms with E-state index in [4.69, 9.17) is 0 Å². The zero-order valence-corrected chi connectivity index (χ0v) is 67.0. The lowest BCUT2D eigenvalue weighted by molar-refractivity contribution is 1.18. The summed E-state index contributed by atoms with van der Waals surface area (Å²) in [6.07, 6.45) is 0. The average Bonchev–Trinajstić information content (AvgIpc) is 0.924. The van der Waals surface area contributed by atoms with Crippen LogP contribution in [0.4, 0.5) is 34.1 Å². The Balaban J connectivity index is 0.000000146. The summed E-state index contributed by atoms with van der Waals surface area (Å²) in [6.45, 7) is 0. The number of anilines is 6. The largest absolute Gasteiger partial charge is 0.310 e. The van der Waals surface area contributed by atoms with Gasteiger partial charge in [0.15, 0.2) is 0 Å². The van der Waals surface area contributed by atoms with Crippen molar-refractivity contribution in [1.29, 1.82) is 0 Å². The van der Waals surface area contributed by atoms with E-state index in [-0.39, 0.29) is 0 Å². The van der Waals surface area contributed by atoms with Gasteiger partial charge in [-0.25, -0.2) is 0 Å². The molecule has 4 nitrogen and oxygen atoms in total. The molecule has 2 aromatic heterocycles. The van der Waals surface area contributed by atoms with Crippen molar-refractivity contribution in [3.63, 3.8) is 0 Å². The maximum absolute atomic E-state index is 2.37. The van der Waals surface area contributed by atoms with Crippen molar-refractivity contribution in [1.82, 2.24) is 9.13 Å². The summed E-state index contributed by atoms with van der Waals surface area (Å²) in [5.41, 5.74) is 30.9. The molecule has 0 aliphatic rings. The van der Waals surface area contributed by atoms with Crippen molar-refractivity contribution < 1.29 is 0 Å². The first kappa shape index (κ1) is 72.3. The number of aromatic nitrogens is 2. The standard InChI is InChI=1S/C62H42N2.C56H38N2/c1-4-16-47(17-5-1)61-54-23-10-12-25-56(54)62(57-26-13-11-24-55(57)61)48-34-32-45(33-35-48)43-28-30-44(31-29-43)46-36-38-51(39-37-46)63(49-18-6-2-7-19-49)52-40-41-60-58(42-52)53-22-14-15-27-59(53)64(60)50-20-8-3-9-21-50;1-4-16-41(17-5-1)55-48-23-10-12-25-50(48)56(51-26-13-11-24-49(51)55)42-30-28-39(29-31-42)40-32-34-45(35-33-40)57(43-18-6-2-7-19-43)46-36-37-54-52(38-46)47-22-14-15-27-53(47)58(54)44-20-8-3-9-21-44/h1-42H;1-38H. The first-order valence-electron chi connectivity index (χ1n) is 41.9. The maximum Gasteiger partial charge on any atom is 0.0542 e. The second-order valence-corrected chi connectivity index (χ2v) is 31.4. The first-order chi connectivity index (χ1) is 60.6. The molecule has 4 heteroatoms. The Labute approximate surface area is 709 Å². The second kappa shape index (κ2) is 31.4. The van der Waals surface area contributed by atoms with Crippen molar-refractivity contribution in [3.05, 3.63) is 485 Å². The van der Waals surface area contributed by atoms with Crippen LogP contribution in [0.5, 0.6) is 0 Å². The van der Waals surface area contributed by atoms with Crippen LogP contribution in [0, 0.1) is 0 Å². The Morgan fingerprint density at radius 2 is 0.311 bits per heavy atom. The Kier molecular flexibility index (Phi) is 18.6. The molecular formula is C118H80N4. The molecule has 0 amide bonds. The van der Waals surface area contributed by atoms with E-state index < -0.39 is 0 Å². The zero-order valence-electron chi connectivity index (χ0n) is 67.0. The molecule has 0 saturated heterocycles. The van der Waals surface area contributed by atoms with Gasteiger partial charge in [0.25, 0.3) is 0 Å². The highest BCUT2D eigenvalue weighted by atomic mass is 15.1. The molecule has 0 unspecified atom stereocenters. The van der Waals surface area contributed by atoms with E-state index in [0.717, 1.165) is 45.5 Å². The molecule has 23 aromatic rings. The van der Waals surface area contributed by atoms with Crippen LogP contribution < -0.4 is 9.80 Å². The number of fused-ring (bicyclic) bond motifs is 10. The quantitative estimate of drug-likeness (QED) is 0.0951. The van der Waals surface area contributed by atoms with Crippen LogP contribution in [-0.4, -0.2) is 9.13 Å². The van der Waals surface area contributed by atoms with Crippen LogP contribution in [0.15, 0.2) is 485 Å². The minimum atomic E-state index is 1.10. The summed E-state index contributed by atoms with van der Waals surface area (Å²) in [5, 5.41) is 15.1. The van der Waals surface area contributed by atoms with Crippen LogP contribution in [0.1, 0.15) is 0 Å². The molecular weight excluding hydrogens is 1470 g/mol. The van der Waals surface area contributed by atoms with E-state index in [1.54, 1.807) is 0 Å². The molecule has 0 radical (unpaired) electrons. The van der Waals surface area contributed by atoms with E-state index in [9.17, 15) is 0 Å². The highest BCUT2D eigenvalue weighted by molar-refractivity contribution is 6.23. The smallest absolute Gasteiger partial charge is 0.0542 e. The lowest BCUT2D eigenvalue weighted by atomic mass is 9.86. The number of nitrogens with zero attached hydrogens (tertiary/aromatic N) is 4. The molecule has 2 heterocycles. The van der Waals surface area contributed by atoms with Crippen molar-refractivity contribution in [2.45, 2.75) is 0 Å². The van der Waals surface area contributed by atoms with Crippen molar-refractivity contribution in [2.24, 2.45) is 0 Å². The minimum absolute atomic E-state index is 1.10. The summed E-state index contributed by atoms with van der Waals surface area (Å²) in [5.74, 6) is 0. The van der Waals surface area contributed by atoms with E-state index in [2.05, 4.69) is 504 Å². The molecule has 0 saturated carbocycles. The fourth-order valence-electron chi connectivity index (χ4n) is 18.8. The lowest BCUT2D eigenvalue weighted by Crippen LogP contribution is -2.09. The Morgan fingerprint density at radius 1 is 0.123 bits per heavy atom. The topological polar surface area (TPSA) is 16.3 Å². The average molecular weight is 1550 g/mol. The number of para-hydroxylation sites is 6. The summed E-state index contributed by atoms with van der Waals surface area (Å²) < 4.78 is 4.73. The normalized spacial score (nSPS) is 11.4. The molecule has 23 rings (SSSR count). The van der Waals surface area contributed by atoms with E-state index in [1.165, 1.54) is 165 Å². The fourth-order valence-corrected chi connectivity index (χ4v) is 18.8. The highest BCUT2D eigenvalue weighted by Gasteiger charge is 2.24. The Hall–Kier alpha value is -16.1. The third-order valence-electron chi connectivity index (χ3n) is 24.4. The van der Waals surface area contributed by atoms with Crippen LogP contribution in [-0.2, 0) is 0 Å². The molecule has 572 valence electrons. The number of benzene rings is 21. The molecule has 0 spiro atoms.